The van der Waals surface area contributed by atoms with Crippen LogP contribution in [0, 0.1) is 0 Å². The van der Waals surface area contributed by atoms with Crippen LogP contribution >= 0.6 is 0 Å². The third kappa shape index (κ3) is 5.68. The Labute approximate surface area is 313 Å². The van der Waals surface area contributed by atoms with Gasteiger partial charge in [0, 0.05) is 76.5 Å². The molecule has 0 spiro atoms. The summed E-state index contributed by atoms with van der Waals surface area (Å²) in [7, 11) is 0. The topological polar surface area (TPSA) is 128 Å². The Kier molecular flexibility index (Phi) is 8.07. The fraction of sp³-hybridized carbons (Fsp3) is 0.439. The molecule has 1 saturated carbocycles. The van der Waals surface area contributed by atoms with Crippen molar-refractivity contribution in [1.82, 2.24) is 39.8 Å². The first-order valence-corrected chi connectivity index (χ1v) is 19.4. The van der Waals surface area contributed by atoms with Gasteiger partial charge in [0.15, 0.2) is 5.65 Å². The van der Waals surface area contributed by atoms with Gasteiger partial charge in [0.05, 0.1) is 47.1 Å². The molecule has 5 fully saturated rings. The van der Waals surface area contributed by atoms with Gasteiger partial charge >= 0.3 is 0 Å². The molecule has 54 heavy (non-hydrogen) atoms. The number of hydrogen-bond acceptors (Lipinski definition) is 10. The first-order chi connectivity index (χ1) is 26.4. The summed E-state index contributed by atoms with van der Waals surface area (Å²) in [5.74, 6) is -0.347. The number of amides is 2. The first kappa shape index (κ1) is 33.5. The number of rotatable bonds is 10. The number of carbonyl (C=O) groups excluding carboxylic acids is 3. The Morgan fingerprint density at radius 1 is 0.833 bits per heavy atom. The van der Waals surface area contributed by atoms with Crippen molar-refractivity contribution >= 4 is 40.0 Å². The van der Waals surface area contributed by atoms with Gasteiger partial charge in [-0.15, -0.1) is 0 Å². The van der Waals surface area contributed by atoms with Gasteiger partial charge < -0.3 is 15.1 Å². The van der Waals surface area contributed by atoms with Crippen LogP contribution in [0.1, 0.15) is 49.3 Å². The fourth-order valence-electron chi connectivity index (χ4n) is 9.38. The molecule has 2 aromatic carbocycles. The molecule has 2 aromatic heterocycles. The van der Waals surface area contributed by atoms with Crippen LogP contribution in [0.25, 0.3) is 16.7 Å². The van der Waals surface area contributed by atoms with Crippen molar-refractivity contribution in [2.75, 3.05) is 31.5 Å². The number of nitrogens with zero attached hydrogens (tertiary/aromatic N) is 7. The molecule has 4 atom stereocenters. The lowest BCUT2D eigenvalue weighted by Crippen LogP contribution is -2.55. The number of Topliss-reactive ketones (excluding diaryl/α,β-unsaturated/α-hetero) is 1. The Hall–Kier alpha value is -5.11. The lowest BCUT2D eigenvalue weighted by atomic mass is 9.93. The zero-order valence-electron chi connectivity index (χ0n) is 30.4. The zero-order chi connectivity index (χ0) is 36.6. The number of likely N-dealkylation sites (tertiary alicyclic amines) is 2. The molecular weight excluding hydrogens is 683 g/mol. The van der Waals surface area contributed by atoms with Gasteiger partial charge in [-0.25, -0.2) is 14.5 Å². The number of fused-ring (bicyclic) bond motifs is 3. The van der Waals surface area contributed by atoms with Gasteiger partial charge in [0.2, 0.25) is 0 Å². The summed E-state index contributed by atoms with van der Waals surface area (Å²) in [5, 5.41) is 9.13. The maximum absolute atomic E-state index is 14.8. The predicted molar refractivity (Wildman–Crippen MR) is 201 cm³/mol. The molecule has 13 nitrogen and oxygen atoms in total. The average molecular weight is 728 g/mol. The van der Waals surface area contributed by atoms with E-state index in [1.165, 1.54) is 11.1 Å². The molecule has 4 aromatic rings. The molecule has 2 N–H and O–H groups in total. The molecule has 6 aliphatic rings. The van der Waals surface area contributed by atoms with Crippen molar-refractivity contribution in [2.24, 2.45) is 0 Å². The van der Waals surface area contributed by atoms with Crippen LogP contribution in [0.3, 0.4) is 0 Å². The molecule has 4 saturated heterocycles. The highest BCUT2D eigenvalue weighted by Gasteiger charge is 2.68. The number of aryl methyl sites for hydroxylation is 1. The highest BCUT2D eigenvalue weighted by atomic mass is 16.7. The highest BCUT2D eigenvalue weighted by Crippen LogP contribution is 2.46. The smallest absolute Gasteiger partial charge is 0.272 e. The third-order valence-corrected chi connectivity index (χ3v) is 12.3. The van der Waals surface area contributed by atoms with Crippen LogP contribution in [0.4, 0.5) is 5.69 Å². The van der Waals surface area contributed by atoms with E-state index in [0.29, 0.717) is 30.6 Å². The number of benzene rings is 2. The summed E-state index contributed by atoms with van der Waals surface area (Å²) in [6, 6.07) is 21.0. The van der Waals surface area contributed by atoms with E-state index in [1.807, 2.05) is 39.7 Å². The maximum atomic E-state index is 14.8. The minimum absolute atomic E-state index is 0.0335. The SMILES string of the molecule is CCn1ncc2c(NC3CCC(=O)CC3)c(C3=CC(C(=O)N4C5CN(Cc6ccccc6)CC54)(C(=O)N4C5CN(Cc6ccccc6)CC54)ON3)cnc21. The predicted octanol–water partition coefficient (Wildman–Crippen LogP) is 3.18. The molecule has 1 aliphatic carbocycles. The van der Waals surface area contributed by atoms with Gasteiger partial charge in [0.1, 0.15) is 5.78 Å². The van der Waals surface area contributed by atoms with Gasteiger partial charge in [-0.3, -0.25) is 29.7 Å². The minimum atomic E-state index is -1.85. The summed E-state index contributed by atoms with van der Waals surface area (Å²) in [6.07, 6.45) is 7.80. The second kappa shape index (κ2) is 13.0. The van der Waals surface area contributed by atoms with E-state index < -0.39 is 5.60 Å². The van der Waals surface area contributed by atoms with Crippen molar-refractivity contribution in [3.63, 3.8) is 0 Å². The molecule has 10 rings (SSSR count). The first-order valence-electron chi connectivity index (χ1n) is 19.4. The lowest BCUT2D eigenvalue weighted by Gasteiger charge is -2.29. The van der Waals surface area contributed by atoms with Gasteiger partial charge in [0.25, 0.3) is 17.4 Å². The van der Waals surface area contributed by atoms with Gasteiger partial charge in [-0.1, -0.05) is 60.7 Å². The molecular formula is C41H45N9O4. The molecule has 7 heterocycles. The summed E-state index contributed by atoms with van der Waals surface area (Å²) in [5.41, 5.74) is 6.44. The summed E-state index contributed by atoms with van der Waals surface area (Å²) in [6.45, 7) is 7.35. The average Bonchev–Trinajstić information content (AvgIpc) is 3.63. The Morgan fingerprint density at radius 2 is 1.39 bits per heavy atom. The number of hydroxylamine groups is 1. The van der Waals surface area contributed by atoms with E-state index >= 15 is 0 Å². The van der Waals surface area contributed by atoms with E-state index in [2.05, 4.69) is 74.2 Å². The second-order valence-electron chi connectivity index (χ2n) is 15.8. The third-order valence-electron chi connectivity index (χ3n) is 12.3. The Bertz CT molecular complexity index is 2040. The molecule has 0 bridgehead atoms. The van der Waals surface area contributed by atoms with E-state index in [-0.39, 0.29) is 47.8 Å². The second-order valence-corrected chi connectivity index (χ2v) is 15.8. The molecule has 0 radical (unpaired) electrons. The number of piperazine rings is 2. The number of nitrogens with one attached hydrogen (secondary N) is 2. The number of ketones is 1. The van der Waals surface area contributed by atoms with Crippen LogP contribution in [-0.2, 0) is 38.9 Å². The van der Waals surface area contributed by atoms with Crippen LogP contribution in [0.15, 0.2) is 79.1 Å². The van der Waals surface area contributed by atoms with Crippen molar-refractivity contribution in [3.8, 4) is 0 Å². The van der Waals surface area contributed by atoms with Gasteiger partial charge in [-0.05, 0) is 37.0 Å². The van der Waals surface area contributed by atoms with E-state index in [0.717, 1.165) is 68.8 Å². The van der Waals surface area contributed by atoms with E-state index in [1.54, 1.807) is 12.3 Å². The lowest BCUT2D eigenvalue weighted by molar-refractivity contribution is -0.165. The minimum Gasteiger partial charge on any atom is -0.381 e. The molecule has 4 unspecified atom stereocenters. The van der Waals surface area contributed by atoms with Crippen LogP contribution < -0.4 is 10.8 Å². The monoisotopic (exact) mass is 727 g/mol. The van der Waals surface area contributed by atoms with E-state index in [9.17, 15) is 14.4 Å². The molecule has 13 heteroatoms. The van der Waals surface area contributed by atoms with Gasteiger partial charge in [-0.2, -0.15) is 5.10 Å². The zero-order valence-corrected chi connectivity index (χ0v) is 30.4. The van der Waals surface area contributed by atoms with Crippen molar-refractivity contribution in [2.45, 2.75) is 88.1 Å². The number of anilines is 1. The fourth-order valence-corrected chi connectivity index (χ4v) is 9.38. The normalized spacial score (nSPS) is 27.9. The van der Waals surface area contributed by atoms with Crippen molar-refractivity contribution < 1.29 is 19.2 Å². The number of hydrogen-bond donors (Lipinski definition) is 2. The molecule has 5 aliphatic heterocycles. The summed E-state index contributed by atoms with van der Waals surface area (Å²) in [4.78, 5) is 61.4. The van der Waals surface area contributed by atoms with Crippen molar-refractivity contribution in [1.29, 1.82) is 0 Å². The largest absolute Gasteiger partial charge is 0.381 e. The summed E-state index contributed by atoms with van der Waals surface area (Å²) >= 11 is 0. The Morgan fingerprint density at radius 3 is 1.93 bits per heavy atom. The number of pyridine rings is 1. The Balaban J connectivity index is 0.950. The van der Waals surface area contributed by atoms with Crippen molar-refractivity contribution in [3.05, 3.63) is 95.8 Å². The molecule has 278 valence electrons. The standard InChI is InChI=1S/C41H45N9O4/c1-2-48-38-31(19-43-48)37(44-28-13-15-29(51)16-14-28)30(18-42-38)32-17-41(54-45-32,39(52)49-33-22-46(23-34(33)49)20-26-9-5-3-6-10-26)40(53)50-35-24-47(25-36(35)50)21-27-11-7-4-8-12-27/h3-12,17-19,28,33-36,45H,2,13-16,20-25H2,1H3,(H,42,44). The number of aromatic nitrogens is 3. The quantitative estimate of drug-likeness (QED) is 0.186. The van der Waals surface area contributed by atoms with E-state index in [4.69, 9.17) is 9.82 Å². The van der Waals surface area contributed by atoms with Crippen LogP contribution in [0.5, 0.6) is 0 Å². The maximum Gasteiger partial charge on any atom is 0.272 e. The molecule has 2 amide bonds. The van der Waals surface area contributed by atoms with Crippen LogP contribution in [0.2, 0.25) is 0 Å². The highest BCUT2D eigenvalue weighted by molar-refractivity contribution is 6.14. The number of carbonyl (C=O) groups is 3. The van der Waals surface area contributed by atoms with Crippen LogP contribution in [-0.4, -0.2) is 114 Å². The summed E-state index contributed by atoms with van der Waals surface area (Å²) < 4.78 is 1.85.